The maximum Gasteiger partial charge on any atom is 0.191 e. The lowest BCUT2D eigenvalue weighted by Crippen LogP contribution is -2.46. The number of likely N-dealkylation sites (N-methyl/N-ethyl adjacent to an activating group) is 1. The van der Waals surface area contributed by atoms with Gasteiger partial charge in [-0.15, -0.1) is 0 Å². The van der Waals surface area contributed by atoms with Gasteiger partial charge >= 0.3 is 0 Å². The molecule has 6 heteroatoms. The SMILES string of the molecule is CCNC(=NCCCCN1CCN(C)CC1)NC1CC2(CCCC2)Oc2ccccc21. The average molecular weight is 428 g/mol. The molecule has 31 heavy (non-hydrogen) atoms. The van der Waals surface area contributed by atoms with Gasteiger partial charge in [-0.2, -0.15) is 0 Å². The molecule has 2 N–H and O–H groups in total. The minimum atomic E-state index is 0.00581. The van der Waals surface area contributed by atoms with E-state index in [2.05, 4.69) is 58.7 Å². The summed E-state index contributed by atoms with van der Waals surface area (Å²) in [5.41, 5.74) is 1.27. The Morgan fingerprint density at radius 3 is 2.68 bits per heavy atom. The Bertz CT molecular complexity index is 722. The standard InChI is InChI=1S/C25H41N5O/c1-3-26-24(27-14-8-9-15-30-18-16-29(2)17-19-30)28-22-20-25(12-6-7-13-25)31-23-11-5-4-10-21(22)23/h4-5,10-11,22H,3,6-9,12-20H2,1-2H3,(H2,26,27,28). The number of para-hydroxylation sites is 1. The third-order valence-corrected chi connectivity index (χ3v) is 7.12. The van der Waals surface area contributed by atoms with E-state index in [1.54, 1.807) is 0 Å². The smallest absolute Gasteiger partial charge is 0.191 e. The number of hydrogen-bond acceptors (Lipinski definition) is 4. The number of piperazine rings is 1. The monoisotopic (exact) mass is 427 g/mol. The second-order valence-corrected chi connectivity index (χ2v) is 9.54. The maximum atomic E-state index is 6.52. The van der Waals surface area contributed by atoms with E-state index < -0.39 is 0 Å². The van der Waals surface area contributed by atoms with Crippen LogP contribution in [0.1, 0.15) is 63.5 Å². The van der Waals surface area contributed by atoms with Crippen molar-refractivity contribution in [2.45, 2.75) is 63.5 Å². The zero-order chi connectivity index (χ0) is 21.5. The molecule has 4 rings (SSSR count). The van der Waals surface area contributed by atoms with Gasteiger partial charge in [-0.1, -0.05) is 18.2 Å². The number of fused-ring (bicyclic) bond motifs is 1. The molecule has 1 aromatic rings. The lowest BCUT2D eigenvalue weighted by atomic mass is 9.86. The number of ether oxygens (including phenoxy) is 1. The Kier molecular flexibility index (Phi) is 7.72. The molecular weight excluding hydrogens is 386 g/mol. The molecule has 6 nitrogen and oxygen atoms in total. The van der Waals surface area contributed by atoms with Crippen LogP contribution in [-0.4, -0.2) is 74.2 Å². The highest BCUT2D eigenvalue weighted by atomic mass is 16.5. The van der Waals surface area contributed by atoms with Crippen molar-refractivity contribution in [3.8, 4) is 5.75 Å². The van der Waals surface area contributed by atoms with Crippen molar-refractivity contribution in [1.82, 2.24) is 20.4 Å². The molecule has 1 aliphatic carbocycles. The zero-order valence-corrected chi connectivity index (χ0v) is 19.5. The third kappa shape index (κ3) is 5.92. The van der Waals surface area contributed by atoms with Gasteiger partial charge in [0, 0.05) is 51.3 Å². The number of rotatable bonds is 7. The largest absolute Gasteiger partial charge is 0.487 e. The molecule has 0 aromatic heterocycles. The quantitative estimate of drug-likeness (QED) is 0.397. The molecule has 1 saturated carbocycles. The zero-order valence-electron chi connectivity index (χ0n) is 19.5. The van der Waals surface area contributed by atoms with E-state index in [0.29, 0.717) is 0 Å². The van der Waals surface area contributed by atoms with E-state index in [1.165, 1.54) is 70.4 Å². The average Bonchev–Trinajstić information content (AvgIpc) is 3.22. The number of nitrogens with zero attached hydrogens (tertiary/aromatic N) is 3. The van der Waals surface area contributed by atoms with Crippen LogP contribution >= 0.6 is 0 Å². The lowest BCUT2D eigenvalue weighted by molar-refractivity contribution is 0.0396. The van der Waals surface area contributed by atoms with E-state index in [1.807, 2.05) is 0 Å². The molecule has 0 bridgehead atoms. The van der Waals surface area contributed by atoms with Gasteiger partial charge in [-0.3, -0.25) is 4.99 Å². The molecular formula is C25H41N5O. The fourth-order valence-corrected chi connectivity index (χ4v) is 5.27. The first-order chi connectivity index (χ1) is 15.2. The maximum absolute atomic E-state index is 6.52. The van der Waals surface area contributed by atoms with Crippen LogP contribution in [0.4, 0.5) is 0 Å². The summed E-state index contributed by atoms with van der Waals surface area (Å²) >= 11 is 0. The van der Waals surface area contributed by atoms with E-state index in [-0.39, 0.29) is 11.6 Å². The summed E-state index contributed by atoms with van der Waals surface area (Å²) in [5, 5.41) is 7.22. The highest BCUT2D eigenvalue weighted by Gasteiger charge is 2.43. The van der Waals surface area contributed by atoms with Crippen molar-refractivity contribution >= 4 is 5.96 Å². The number of guanidine groups is 1. The van der Waals surface area contributed by atoms with Crippen molar-refractivity contribution in [3.63, 3.8) is 0 Å². The molecule has 0 radical (unpaired) electrons. The van der Waals surface area contributed by atoms with Crippen molar-refractivity contribution in [1.29, 1.82) is 0 Å². The van der Waals surface area contributed by atoms with Crippen LogP contribution in [0.5, 0.6) is 5.75 Å². The fourth-order valence-electron chi connectivity index (χ4n) is 5.27. The predicted molar refractivity (Wildman–Crippen MR) is 128 cm³/mol. The summed E-state index contributed by atoms with van der Waals surface area (Å²) in [4.78, 5) is 9.92. The van der Waals surface area contributed by atoms with Crippen LogP contribution in [0, 0.1) is 0 Å². The van der Waals surface area contributed by atoms with Crippen LogP contribution in [0.15, 0.2) is 29.3 Å². The molecule has 1 atom stereocenters. The molecule has 172 valence electrons. The highest BCUT2D eigenvalue weighted by Crippen LogP contribution is 2.46. The number of benzene rings is 1. The van der Waals surface area contributed by atoms with Gasteiger partial charge in [0.15, 0.2) is 5.96 Å². The summed E-state index contributed by atoms with van der Waals surface area (Å²) in [6.45, 7) is 9.89. The van der Waals surface area contributed by atoms with E-state index in [0.717, 1.165) is 37.6 Å². The third-order valence-electron chi connectivity index (χ3n) is 7.12. The van der Waals surface area contributed by atoms with Gasteiger partial charge in [0.05, 0.1) is 6.04 Å². The first-order valence-corrected chi connectivity index (χ1v) is 12.4. The van der Waals surface area contributed by atoms with Crippen molar-refractivity contribution in [2.24, 2.45) is 4.99 Å². The Labute approximate surface area is 188 Å². The van der Waals surface area contributed by atoms with E-state index in [4.69, 9.17) is 9.73 Å². The molecule has 0 amide bonds. The van der Waals surface area contributed by atoms with Crippen LogP contribution in [0.3, 0.4) is 0 Å². The first-order valence-electron chi connectivity index (χ1n) is 12.4. The number of hydrogen-bond donors (Lipinski definition) is 2. The van der Waals surface area contributed by atoms with Gasteiger partial charge < -0.3 is 25.2 Å². The molecule has 2 fully saturated rings. The van der Waals surface area contributed by atoms with Gasteiger partial charge in [0.1, 0.15) is 11.4 Å². The highest BCUT2D eigenvalue weighted by molar-refractivity contribution is 5.80. The van der Waals surface area contributed by atoms with Crippen LogP contribution < -0.4 is 15.4 Å². The fraction of sp³-hybridized carbons (Fsp3) is 0.720. The van der Waals surface area contributed by atoms with Crippen molar-refractivity contribution < 1.29 is 4.74 Å². The summed E-state index contributed by atoms with van der Waals surface area (Å²) in [6, 6.07) is 8.79. The number of aliphatic imine (C=N–C) groups is 1. The predicted octanol–water partition coefficient (Wildman–Crippen LogP) is 3.41. The van der Waals surface area contributed by atoms with Crippen molar-refractivity contribution in [3.05, 3.63) is 29.8 Å². The molecule has 3 aliphatic rings. The van der Waals surface area contributed by atoms with Crippen molar-refractivity contribution in [2.75, 3.05) is 52.9 Å². The summed E-state index contributed by atoms with van der Waals surface area (Å²) in [7, 11) is 2.21. The molecule has 1 unspecified atom stereocenters. The molecule has 1 aromatic carbocycles. The topological polar surface area (TPSA) is 52.1 Å². The van der Waals surface area contributed by atoms with Gasteiger partial charge in [0.2, 0.25) is 0 Å². The minimum absolute atomic E-state index is 0.00581. The Balaban J connectivity index is 1.32. The summed E-state index contributed by atoms with van der Waals surface area (Å²) in [6.07, 6.45) is 8.26. The van der Waals surface area contributed by atoms with Gasteiger partial charge in [0.25, 0.3) is 0 Å². The van der Waals surface area contributed by atoms with Crippen LogP contribution in [-0.2, 0) is 0 Å². The normalized spacial score (nSPS) is 24.1. The van der Waals surface area contributed by atoms with E-state index >= 15 is 0 Å². The first kappa shape index (κ1) is 22.4. The molecule has 2 heterocycles. The second kappa shape index (κ2) is 10.7. The number of unbranched alkanes of at least 4 members (excludes halogenated alkanes) is 1. The lowest BCUT2D eigenvalue weighted by Gasteiger charge is -2.40. The van der Waals surface area contributed by atoms with Crippen LogP contribution in [0.2, 0.25) is 0 Å². The van der Waals surface area contributed by atoms with Gasteiger partial charge in [-0.25, -0.2) is 0 Å². The summed E-state index contributed by atoms with van der Waals surface area (Å²) < 4.78 is 6.52. The Hall–Kier alpha value is -1.79. The molecule has 1 saturated heterocycles. The Morgan fingerprint density at radius 1 is 1.13 bits per heavy atom. The van der Waals surface area contributed by atoms with E-state index in [9.17, 15) is 0 Å². The Morgan fingerprint density at radius 2 is 1.90 bits per heavy atom. The molecule has 1 spiro atoms. The second-order valence-electron chi connectivity index (χ2n) is 9.54. The molecule has 2 aliphatic heterocycles. The van der Waals surface area contributed by atoms with Crippen LogP contribution in [0.25, 0.3) is 0 Å². The number of nitrogens with one attached hydrogen (secondary N) is 2. The minimum Gasteiger partial charge on any atom is -0.487 e. The summed E-state index contributed by atoms with van der Waals surface area (Å²) in [5.74, 6) is 1.99. The van der Waals surface area contributed by atoms with Gasteiger partial charge in [-0.05, 0) is 65.1 Å².